The van der Waals surface area contributed by atoms with E-state index >= 15 is 0 Å². The molecule has 0 radical (unpaired) electrons. The third kappa shape index (κ3) is 3.85. The lowest BCUT2D eigenvalue weighted by Gasteiger charge is -2.26. The number of hydrogen-bond donors (Lipinski definition) is 0. The lowest BCUT2D eigenvalue weighted by atomic mass is 9.81. The molecule has 1 nitrogen and oxygen atoms in total. The maximum absolute atomic E-state index is 2.45. The summed E-state index contributed by atoms with van der Waals surface area (Å²) in [6.07, 6.45) is 0. The molecule has 7 aromatic carbocycles. The Hall–Kier alpha value is -5.14. The lowest BCUT2D eigenvalue weighted by Crippen LogP contribution is -2.14. The molecule has 0 amide bonds. The highest BCUT2D eigenvalue weighted by Crippen LogP contribution is 2.50. The van der Waals surface area contributed by atoms with E-state index in [2.05, 4.69) is 170 Å². The number of anilines is 3. The van der Waals surface area contributed by atoms with Crippen molar-refractivity contribution in [3.8, 4) is 22.3 Å². The minimum absolute atomic E-state index is 0.0178. The summed E-state index contributed by atoms with van der Waals surface area (Å²) in [7, 11) is 0. The second kappa shape index (κ2) is 9.46. The van der Waals surface area contributed by atoms with Crippen molar-refractivity contribution in [1.29, 1.82) is 0 Å². The van der Waals surface area contributed by atoms with Crippen LogP contribution in [-0.2, 0) is 5.41 Å². The molecule has 0 saturated carbocycles. The van der Waals surface area contributed by atoms with Gasteiger partial charge in [0, 0.05) is 22.5 Å². The third-order valence-corrected chi connectivity index (χ3v) is 9.01. The highest BCUT2D eigenvalue weighted by molar-refractivity contribution is 6.10. The van der Waals surface area contributed by atoms with E-state index in [0.29, 0.717) is 0 Å². The average molecular weight is 538 g/mol. The molecule has 0 spiro atoms. The first kappa shape index (κ1) is 24.6. The smallest absolute Gasteiger partial charge is 0.0468 e. The molecule has 0 aromatic heterocycles. The molecule has 0 aliphatic heterocycles. The number of hydrogen-bond acceptors (Lipinski definition) is 1. The van der Waals surface area contributed by atoms with Gasteiger partial charge in [-0.25, -0.2) is 0 Å². The predicted molar refractivity (Wildman–Crippen MR) is 179 cm³/mol. The Morgan fingerprint density at radius 2 is 1.05 bits per heavy atom. The molecule has 1 aliphatic carbocycles. The number of rotatable bonds is 4. The Bertz CT molecular complexity index is 2110. The minimum Gasteiger partial charge on any atom is -0.310 e. The van der Waals surface area contributed by atoms with Gasteiger partial charge in [0.15, 0.2) is 0 Å². The van der Waals surface area contributed by atoms with Gasteiger partial charge < -0.3 is 4.90 Å². The fourth-order valence-corrected chi connectivity index (χ4v) is 6.87. The number of benzene rings is 7. The van der Waals surface area contributed by atoms with Crippen molar-refractivity contribution in [1.82, 2.24) is 0 Å². The Morgan fingerprint density at radius 1 is 0.405 bits per heavy atom. The summed E-state index contributed by atoms with van der Waals surface area (Å²) in [4.78, 5) is 2.36. The average Bonchev–Trinajstić information content (AvgIpc) is 3.27. The first-order valence-corrected chi connectivity index (χ1v) is 14.7. The van der Waals surface area contributed by atoms with E-state index in [-0.39, 0.29) is 5.41 Å². The van der Waals surface area contributed by atoms with Crippen LogP contribution in [0.25, 0.3) is 43.8 Å². The zero-order valence-electron chi connectivity index (χ0n) is 23.9. The van der Waals surface area contributed by atoms with Crippen LogP contribution < -0.4 is 4.90 Å². The van der Waals surface area contributed by atoms with E-state index < -0.39 is 0 Å². The summed E-state index contributed by atoms with van der Waals surface area (Å²) in [6, 6.07) is 55.3. The van der Waals surface area contributed by atoms with E-state index in [1.54, 1.807) is 0 Å². The van der Waals surface area contributed by atoms with Crippen LogP contribution in [0.3, 0.4) is 0 Å². The van der Waals surface area contributed by atoms with Crippen molar-refractivity contribution in [2.75, 3.05) is 4.90 Å². The van der Waals surface area contributed by atoms with Gasteiger partial charge in [0.25, 0.3) is 0 Å². The van der Waals surface area contributed by atoms with E-state index in [4.69, 9.17) is 0 Å². The fourth-order valence-electron chi connectivity index (χ4n) is 6.87. The topological polar surface area (TPSA) is 3.24 Å². The van der Waals surface area contributed by atoms with Crippen LogP contribution in [0, 0.1) is 0 Å². The van der Waals surface area contributed by atoms with Gasteiger partial charge in [-0.05, 0) is 103 Å². The van der Waals surface area contributed by atoms with E-state index in [9.17, 15) is 0 Å². The van der Waals surface area contributed by atoms with Crippen LogP contribution >= 0.6 is 0 Å². The molecule has 0 atom stereocenters. The third-order valence-electron chi connectivity index (χ3n) is 9.01. The van der Waals surface area contributed by atoms with Crippen LogP contribution in [0.1, 0.15) is 25.0 Å². The van der Waals surface area contributed by atoms with Crippen molar-refractivity contribution < 1.29 is 0 Å². The van der Waals surface area contributed by atoms with Gasteiger partial charge in [-0.2, -0.15) is 0 Å². The van der Waals surface area contributed by atoms with Crippen LogP contribution in [0.2, 0.25) is 0 Å². The summed E-state index contributed by atoms with van der Waals surface area (Å²) in [6.45, 7) is 4.71. The van der Waals surface area contributed by atoms with Gasteiger partial charge in [0.1, 0.15) is 0 Å². The molecule has 42 heavy (non-hydrogen) atoms. The van der Waals surface area contributed by atoms with Gasteiger partial charge in [-0.3, -0.25) is 0 Å². The summed E-state index contributed by atoms with van der Waals surface area (Å²) >= 11 is 0. The van der Waals surface area contributed by atoms with Crippen molar-refractivity contribution in [2.45, 2.75) is 19.3 Å². The van der Waals surface area contributed by atoms with Gasteiger partial charge >= 0.3 is 0 Å². The molecule has 0 N–H and O–H groups in total. The lowest BCUT2D eigenvalue weighted by molar-refractivity contribution is 0.661. The summed E-state index contributed by atoms with van der Waals surface area (Å²) in [5.74, 6) is 0. The molecule has 0 saturated heterocycles. The van der Waals surface area contributed by atoms with Gasteiger partial charge in [0.05, 0.1) is 0 Å². The van der Waals surface area contributed by atoms with Crippen molar-refractivity contribution >= 4 is 38.6 Å². The Kier molecular flexibility index (Phi) is 5.55. The minimum atomic E-state index is -0.0178. The quantitative estimate of drug-likeness (QED) is 0.202. The normalized spacial score (nSPS) is 13.2. The summed E-state index contributed by atoms with van der Waals surface area (Å²) in [5, 5.41) is 5.14. The fraction of sp³-hybridized carbons (Fsp3) is 0.0732. The second-order valence-corrected chi connectivity index (χ2v) is 11.8. The molecule has 1 aliphatic rings. The number of nitrogens with zero attached hydrogens (tertiary/aromatic N) is 1. The van der Waals surface area contributed by atoms with Crippen LogP contribution in [0.5, 0.6) is 0 Å². The Balaban J connectivity index is 1.29. The van der Waals surface area contributed by atoms with Gasteiger partial charge in [-0.15, -0.1) is 0 Å². The SMILES string of the molecule is CC1(C)c2ccccc2-c2cc3ccc4cc(N(c5ccccc5)c5cccc(-c6ccccc6)c5)ccc4c3cc21. The second-order valence-electron chi connectivity index (χ2n) is 11.8. The summed E-state index contributed by atoms with van der Waals surface area (Å²) < 4.78 is 0. The van der Waals surface area contributed by atoms with Crippen LogP contribution in [0.15, 0.2) is 152 Å². The van der Waals surface area contributed by atoms with E-state index in [1.807, 2.05) is 0 Å². The Labute approximate surface area is 247 Å². The molecule has 0 unspecified atom stereocenters. The molecule has 0 bridgehead atoms. The number of fused-ring (bicyclic) bond motifs is 6. The highest BCUT2D eigenvalue weighted by atomic mass is 15.1. The van der Waals surface area contributed by atoms with E-state index in [0.717, 1.165) is 17.1 Å². The van der Waals surface area contributed by atoms with Crippen LogP contribution in [-0.4, -0.2) is 0 Å². The maximum Gasteiger partial charge on any atom is 0.0468 e. The van der Waals surface area contributed by atoms with Crippen molar-refractivity contribution in [3.05, 3.63) is 163 Å². The Morgan fingerprint density at radius 3 is 1.86 bits per heavy atom. The van der Waals surface area contributed by atoms with Gasteiger partial charge in [-0.1, -0.05) is 117 Å². The van der Waals surface area contributed by atoms with E-state index in [1.165, 1.54) is 54.9 Å². The van der Waals surface area contributed by atoms with Gasteiger partial charge in [0.2, 0.25) is 0 Å². The first-order chi connectivity index (χ1) is 20.6. The van der Waals surface area contributed by atoms with Crippen molar-refractivity contribution in [3.63, 3.8) is 0 Å². The molecule has 0 heterocycles. The first-order valence-electron chi connectivity index (χ1n) is 14.7. The molecule has 8 rings (SSSR count). The zero-order chi connectivity index (χ0) is 28.3. The molecule has 1 heteroatoms. The number of para-hydroxylation sites is 1. The van der Waals surface area contributed by atoms with Crippen LogP contribution in [0.4, 0.5) is 17.1 Å². The predicted octanol–water partition coefficient (Wildman–Crippen LogP) is 11.4. The molecule has 0 fully saturated rings. The molecular weight excluding hydrogens is 506 g/mol. The summed E-state index contributed by atoms with van der Waals surface area (Å²) in [5.41, 5.74) is 11.4. The standard InChI is InChI=1S/C41H31N/c1-41(2)39-19-10-9-18-36(39)38-26-31-21-20-30-25-34(22-23-35(30)37(31)27-40(38)41)42(32-15-7-4-8-16-32)33-17-11-14-29(24-33)28-12-5-3-6-13-28/h3-27H,1-2H3. The molecule has 200 valence electrons. The monoisotopic (exact) mass is 537 g/mol. The molecule has 7 aromatic rings. The zero-order valence-corrected chi connectivity index (χ0v) is 23.9. The van der Waals surface area contributed by atoms with Crippen molar-refractivity contribution in [2.24, 2.45) is 0 Å². The highest BCUT2D eigenvalue weighted by Gasteiger charge is 2.35. The maximum atomic E-state index is 2.45. The largest absolute Gasteiger partial charge is 0.310 e. The molecular formula is C41H31N.